The predicted octanol–water partition coefficient (Wildman–Crippen LogP) is 2.14. The van der Waals surface area contributed by atoms with Gasteiger partial charge in [0.05, 0.1) is 19.6 Å². The molecule has 1 aromatic rings. The fraction of sp³-hybridized carbons (Fsp3) is 0.533. The average Bonchev–Trinajstić information content (AvgIpc) is 2.68. The van der Waals surface area contributed by atoms with Gasteiger partial charge in [-0.3, -0.25) is 4.79 Å². The number of fused-ring (bicyclic) bond motifs is 1. The Bertz CT molecular complexity index is 475. The van der Waals surface area contributed by atoms with E-state index in [1.54, 1.807) is 0 Å². The minimum Gasteiger partial charge on any atom is -0.490 e. The molecule has 2 unspecified atom stereocenters. The van der Waals surface area contributed by atoms with E-state index in [2.05, 4.69) is 0 Å². The van der Waals surface area contributed by atoms with Crippen molar-refractivity contribution in [3.63, 3.8) is 0 Å². The summed E-state index contributed by atoms with van der Waals surface area (Å²) in [6.45, 7) is 3.21. The second kappa shape index (κ2) is 6.61. The minimum atomic E-state index is -0.842. The van der Waals surface area contributed by atoms with E-state index in [0.717, 1.165) is 18.4 Å². The number of benzene rings is 1. The van der Waals surface area contributed by atoms with Crippen LogP contribution in [-0.2, 0) is 4.79 Å². The zero-order valence-corrected chi connectivity index (χ0v) is 11.7. The first-order valence-corrected chi connectivity index (χ1v) is 6.98. The number of hydrogen-bond donors (Lipinski definition) is 2. The summed E-state index contributed by atoms with van der Waals surface area (Å²) in [6.07, 6.45) is 1.60. The summed E-state index contributed by atoms with van der Waals surface area (Å²) in [5, 5.41) is 9.06. The summed E-state index contributed by atoms with van der Waals surface area (Å²) in [5.74, 6) is 0.338. The van der Waals surface area contributed by atoms with Gasteiger partial charge < -0.3 is 20.3 Å². The summed E-state index contributed by atoms with van der Waals surface area (Å²) in [4.78, 5) is 11.0. The van der Waals surface area contributed by atoms with Crippen LogP contribution in [0.25, 0.3) is 0 Å². The number of carboxylic acid groups (broad SMARTS) is 1. The molecule has 0 amide bonds. The fourth-order valence-corrected chi connectivity index (χ4v) is 2.40. The molecule has 0 aliphatic carbocycles. The van der Waals surface area contributed by atoms with Crippen LogP contribution in [0.2, 0.25) is 0 Å². The SMILES string of the molecule is CCC(N)C(CC(=O)O)c1ccc2c(c1)OCCCO2. The molecule has 0 radical (unpaired) electrons. The Hall–Kier alpha value is -1.75. The van der Waals surface area contributed by atoms with Crippen molar-refractivity contribution in [1.82, 2.24) is 0 Å². The Balaban J connectivity index is 2.28. The highest BCUT2D eigenvalue weighted by atomic mass is 16.5. The standard InChI is InChI=1S/C15H21NO4/c1-2-12(16)11(9-15(17)18)10-4-5-13-14(8-10)20-7-3-6-19-13/h4-5,8,11-12H,2-3,6-7,9,16H2,1H3,(H,17,18). The molecule has 20 heavy (non-hydrogen) atoms. The van der Waals surface area contributed by atoms with Gasteiger partial charge in [0.2, 0.25) is 0 Å². The number of ether oxygens (including phenoxy) is 2. The molecule has 5 nitrogen and oxygen atoms in total. The van der Waals surface area contributed by atoms with Crippen molar-refractivity contribution in [2.45, 2.75) is 38.1 Å². The van der Waals surface area contributed by atoms with Gasteiger partial charge in [-0.2, -0.15) is 0 Å². The van der Waals surface area contributed by atoms with Crippen LogP contribution in [0.1, 0.15) is 37.7 Å². The first-order chi connectivity index (χ1) is 9.61. The zero-order chi connectivity index (χ0) is 14.5. The van der Waals surface area contributed by atoms with Crippen LogP contribution in [0.3, 0.4) is 0 Å². The minimum absolute atomic E-state index is 0.0225. The van der Waals surface area contributed by atoms with Gasteiger partial charge in [0, 0.05) is 18.4 Å². The van der Waals surface area contributed by atoms with E-state index in [-0.39, 0.29) is 18.4 Å². The maximum atomic E-state index is 11.0. The lowest BCUT2D eigenvalue weighted by atomic mass is 9.87. The molecule has 3 N–H and O–H groups in total. The van der Waals surface area contributed by atoms with Crippen LogP contribution < -0.4 is 15.2 Å². The third-order valence-corrected chi connectivity index (χ3v) is 3.58. The van der Waals surface area contributed by atoms with E-state index in [0.29, 0.717) is 24.7 Å². The molecule has 1 aliphatic rings. The monoisotopic (exact) mass is 279 g/mol. The Labute approximate surface area is 118 Å². The second-order valence-electron chi connectivity index (χ2n) is 5.03. The Kier molecular flexibility index (Phi) is 4.84. The first-order valence-electron chi connectivity index (χ1n) is 6.98. The molecule has 0 bridgehead atoms. The first kappa shape index (κ1) is 14.7. The fourth-order valence-electron chi connectivity index (χ4n) is 2.40. The van der Waals surface area contributed by atoms with Gasteiger partial charge in [-0.25, -0.2) is 0 Å². The summed E-state index contributed by atoms with van der Waals surface area (Å²) < 4.78 is 11.2. The summed E-state index contributed by atoms with van der Waals surface area (Å²) in [5.41, 5.74) is 6.96. The number of nitrogens with two attached hydrogens (primary N) is 1. The molecule has 0 fully saturated rings. The zero-order valence-electron chi connectivity index (χ0n) is 11.7. The maximum Gasteiger partial charge on any atom is 0.304 e. The molecule has 110 valence electrons. The highest BCUT2D eigenvalue weighted by molar-refractivity contribution is 5.68. The molecule has 2 atom stereocenters. The van der Waals surface area contributed by atoms with Gasteiger partial charge in [-0.1, -0.05) is 13.0 Å². The highest BCUT2D eigenvalue weighted by Crippen LogP contribution is 2.35. The van der Waals surface area contributed by atoms with E-state index in [1.807, 2.05) is 25.1 Å². The molecule has 0 saturated heterocycles. The average molecular weight is 279 g/mol. The van der Waals surface area contributed by atoms with Crippen LogP contribution in [0.4, 0.5) is 0 Å². The lowest BCUT2D eigenvalue weighted by Gasteiger charge is -2.22. The topological polar surface area (TPSA) is 81.8 Å². The van der Waals surface area contributed by atoms with Crippen molar-refractivity contribution in [3.8, 4) is 11.5 Å². The van der Waals surface area contributed by atoms with E-state index in [4.69, 9.17) is 20.3 Å². The van der Waals surface area contributed by atoms with Crippen molar-refractivity contribution in [1.29, 1.82) is 0 Å². The maximum absolute atomic E-state index is 11.0. The van der Waals surface area contributed by atoms with E-state index >= 15 is 0 Å². The third kappa shape index (κ3) is 3.42. The van der Waals surface area contributed by atoms with Gasteiger partial charge >= 0.3 is 5.97 Å². The molecule has 1 aromatic carbocycles. The quantitative estimate of drug-likeness (QED) is 0.863. The lowest BCUT2D eigenvalue weighted by molar-refractivity contribution is -0.137. The van der Waals surface area contributed by atoms with Crippen molar-refractivity contribution < 1.29 is 19.4 Å². The largest absolute Gasteiger partial charge is 0.490 e. The van der Waals surface area contributed by atoms with E-state index in [1.165, 1.54) is 0 Å². The van der Waals surface area contributed by atoms with Crippen molar-refractivity contribution in [2.24, 2.45) is 5.73 Å². The Morgan fingerprint density at radius 2 is 2.05 bits per heavy atom. The molecule has 1 heterocycles. The van der Waals surface area contributed by atoms with E-state index < -0.39 is 5.97 Å². The summed E-state index contributed by atoms with van der Waals surface area (Å²) in [7, 11) is 0. The summed E-state index contributed by atoms with van der Waals surface area (Å²) >= 11 is 0. The van der Waals surface area contributed by atoms with Gasteiger partial charge in [-0.15, -0.1) is 0 Å². The van der Waals surface area contributed by atoms with Gasteiger partial charge in [0.1, 0.15) is 0 Å². The molecule has 0 saturated carbocycles. The van der Waals surface area contributed by atoms with Crippen molar-refractivity contribution >= 4 is 5.97 Å². The number of carbonyl (C=O) groups is 1. The van der Waals surface area contributed by atoms with Crippen molar-refractivity contribution in [2.75, 3.05) is 13.2 Å². The molecular weight excluding hydrogens is 258 g/mol. The van der Waals surface area contributed by atoms with Crippen LogP contribution >= 0.6 is 0 Å². The van der Waals surface area contributed by atoms with Crippen LogP contribution in [0, 0.1) is 0 Å². The van der Waals surface area contributed by atoms with Crippen molar-refractivity contribution in [3.05, 3.63) is 23.8 Å². The van der Waals surface area contributed by atoms with Crippen LogP contribution in [0.5, 0.6) is 11.5 Å². The number of carboxylic acids is 1. The third-order valence-electron chi connectivity index (χ3n) is 3.58. The lowest BCUT2D eigenvalue weighted by Crippen LogP contribution is -2.29. The highest BCUT2D eigenvalue weighted by Gasteiger charge is 2.23. The molecule has 2 rings (SSSR count). The molecule has 1 aliphatic heterocycles. The Morgan fingerprint density at radius 3 is 2.70 bits per heavy atom. The number of rotatable bonds is 5. The van der Waals surface area contributed by atoms with Crippen LogP contribution in [0.15, 0.2) is 18.2 Å². The predicted molar refractivity (Wildman–Crippen MR) is 75.3 cm³/mol. The summed E-state index contributed by atoms with van der Waals surface area (Å²) in [6, 6.07) is 5.41. The molecule has 0 spiro atoms. The molecule has 5 heteroatoms. The molecule has 0 aromatic heterocycles. The number of aliphatic carboxylic acids is 1. The van der Waals surface area contributed by atoms with E-state index in [9.17, 15) is 4.79 Å². The van der Waals surface area contributed by atoms with Gasteiger partial charge in [0.15, 0.2) is 11.5 Å². The number of hydrogen-bond acceptors (Lipinski definition) is 4. The van der Waals surface area contributed by atoms with Gasteiger partial charge in [0.25, 0.3) is 0 Å². The Morgan fingerprint density at radius 1 is 1.35 bits per heavy atom. The van der Waals surface area contributed by atoms with Gasteiger partial charge in [-0.05, 0) is 24.1 Å². The second-order valence-corrected chi connectivity index (χ2v) is 5.03. The smallest absolute Gasteiger partial charge is 0.304 e. The normalized spacial score (nSPS) is 17.1. The molecular formula is C15H21NO4. The van der Waals surface area contributed by atoms with Crippen LogP contribution in [-0.4, -0.2) is 30.3 Å².